The average Bonchev–Trinajstić information content (AvgIpc) is 3.32. The van der Waals surface area contributed by atoms with Crippen molar-refractivity contribution in [2.75, 3.05) is 13.1 Å². The first-order valence-electron chi connectivity index (χ1n) is 8.94. The van der Waals surface area contributed by atoms with Gasteiger partial charge in [0.05, 0.1) is 29.7 Å². The number of aliphatic hydroxyl groups is 1. The van der Waals surface area contributed by atoms with E-state index in [2.05, 4.69) is 26.0 Å². The summed E-state index contributed by atoms with van der Waals surface area (Å²) in [6, 6.07) is 8.20. The number of rotatable bonds is 3. The van der Waals surface area contributed by atoms with Gasteiger partial charge in [0.2, 0.25) is 0 Å². The van der Waals surface area contributed by atoms with Crippen LogP contribution in [0.4, 0.5) is 0 Å². The molecule has 1 saturated carbocycles. The van der Waals surface area contributed by atoms with E-state index in [0.717, 1.165) is 49.3 Å². The molecule has 130 valence electrons. The number of para-hydroxylation sites is 2. The van der Waals surface area contributed by atoms with Gasteiger partial charge < -0.3 is 10.1 Å². The van der Waals surface area contributed by atoms with Crippen LogP contribution >= 0.6 is 0 Å². The van der Waals surface area contributed by atoms with Crippen LogP contribution in [0, 0.1) is 11.8 Å². The average molecular weight is 338 g/mol. The van der Waals surface area contributed by atoms with Crippen LogP contribution in [0.1, 0.15) is 24.7 Å². The normalized spacial score (nSPS) is 30.0. The van der Waals surface area contributed by atoms with Crippen LogP contribution in [-0.4, -0.2) is 53.9 Å². The molecule has 0 radical (unpaired) electrons. The number of H-pyrrole nitrogens is 1. The number of fused-ring (bicyclic) bond motifs is 2. The fraction of sp³-hybridized carbons (Fsp3) is 0.500. The van der Waals surface area contributed by atoms with E-state index in [1.165, 1.54) is 0 Å². The number of nitrogens with zero attached hydrogens (tertiary/aromatic N) is 5. The van der Waals surface area contributed by atoms with Crippen molar-refractivity contribution >= 4 is 11.0 Å². The standard InChI is InChI=1S/C18H22N6O/c25-17-6-13-8-23(7-12(13)5-16(17)24-11-19-10-20-24)9-18-21-14-3-1-2-4-15(14)22-18/h1-4,10-13,16-17,25H,5-9H2,(H,21,22)/t12-,13+,16-,17-/m1/s1. The fourth-order valence-electron chi connectivity index (χ4n) is 4.60. The smallest absolute Gasteiger partial charge is 0.137 e. The fourth-order valence-corrected chi connectivity index (χ4v) is 4.60. The number of imidazole rings is 1. The third kappa shape index (κ3) is 2.73. The summed E-state index contributed by atoms with van der Waals surface area (Å²) in [7, 11) is 0. The summed E-state index contributed by atoms with van der Waals surface area (Å²) < 4.78 is 1.82. The lowest BCUT2D eigenvalue weighted by molar-refractivity contribution is 0.0304. The highest BCUT2D eigenvalue weighted by atomic mass is 16.3. The lowest BCUT2D eigenvalue weighted by Gasteiger charge is -2.35. The number of aromatic amines is 1. The highest BCUT2D eigenvalue weighted by Crippen LogP contribution is 2.41. The maximum Gasteiger partial charge on any atom is 0.137 e. The van der Waals surface area contributed by atoms with E-state index in [1.54, 1.807) is 12.7 Å². The van der Waals surface area contributed by atoms with Crippen LogP contribution in [0.3, 0.4) is 0 Å². The van der Waals surface area contributed by atoms with Crippen LogP contribution in [0.15, 0.2) is 36.9 Å². The van der Waals surface area contributed by atoms with E-state index >= 15 is 0 Å². The van der Waals surface area contributed by atoms with Gasteiger partial charge in [-0.1, -0.05) is 12.1 Å². The van der Waals surface area contributed by atoms with E-state index in [4.69, 9.17) is 4.98 Å². The maximum atomic E-state index is 10.5. The summed E-state index contributed by atoms with van der Waals surface area (Å²) in [6.07, 6.45) is 4.73. The summed E-state index contributed by atoms with van der Waals surface area (Å²) in [6.45, 7) is 2.92. The molecular formula is C18H22N6O. The van der Waals surface area contributed by atoms with Gasteiger partial charge in [-0.05, 0) is 36.8 Å². The SMILES string of the molecule is O[C@@H]1C[C@H]2CN(Cc3nc4ccccc4[nH]3)C[C@H]2C[C@H]1n1cncn1. The third-order valence-corrected chi connectivity index (χ3v) is 5.77. The zero-order valence-electron chi connectivity index (χ0n) is 14.0. The zero-order chi connectivity index (χ0) is 16.8. The predicted octanol–water partition coefficient (Wildman–Crippen LogP) is 1.60. The molecule has 1 aliphatic carbocycles. The first-order valence-corrected chi connectivity index (χ1v) is 8.94. The van der Waals surface area contributed by atoms with E-state index in [0.29, 0.717) is 11.8 Å². The molecule has 25 heavy (non-hydrogen) atoms. The Morgan fingerprint density at radius 2 is 2.00 bits per heavy atom. The molecule has 3 heterocycles. The number of likely N-dealkylation sites (tertiary alicyclic amines) is 1. The molecule has 2 aliphatic rings. The Balaban J connectivity index is 1.29. The van der Waals surface area contributed by atoms with Crippen molar-refractivity contribution < 1.29 is 5.11 Å². The van der Waals surface area contributed by atoms with Crippen molar-refractivity contribution in [3.05, 3.63) is 42.7 Å². The molecule has 7 heteroatoms. The predicted molar refractivity (Wildman–Crippen MR) is 92.7 cm³/mol. The molecule has 4 atom stereocenters. The molecule has 1 aliphatic heterocycles. The van der Waals surface area contributed by atoms with Crippen molar-refractivity contribution in [1.29, 1.82) is 0 Å². The highest BCUT2D eigenvalue weighted by molar-refractivity contribution is 5.74. The largest absolute Gasteiger partial charge is 0.391 e. The number of benzene rings is 1. The molecule has 1 aromatic carbocycles. The van der Waals surface area contributed by atoms with Gasteiger partial charge in [-0.15, -0.1) is 0 Å². The Morgan fingerprint density at radius 3 is 2.80 bits per heavy atom. The second-order valence-electron chi connectivity index (χ2n) is 7.40. The molecular weight excluding hydrogens is 316 g/mol. The van der Waals surface area contributed by atoms with Gasteiger partial charge in [-0.25, -0.2) is 14.6 Å². The highest BCUT2D eigenvalue weighted by Gasteiger charge is 2.42. The van der Waals surface area contributed by atoms with Gasteiger partial charge in [-0.3, -0.25) is 4.90 Å². The van der Waals surface area contributed by atoms with E-state index < -0.39 is 0 Å². The van der Waals surface area contributed by atoms with Crippen molar-refractivity contribution in [3.8, 4) is 0 Å². The van der Waals surface area contributed by atoms with E-state index in [9.17, 15) is 5.11 Å². The number of nitrogens with one attached hydrogen (secondary N) is 1. The minimum Gasteiger partial charge on any atom is -0.391 e. The first-order chi connectivity index (χ1) is 12.3. The molecule has 1 saturated heterocycles. The Morgan fingerprint density at radius 1 is 1.16 bits per heavy atom. The molecule has 0 bridgehead atoms. The summed E-state index contributed by atoms with van der Waals surface area (Å²) >= 11 is 0. The lowest BCUT2D eigenvalue weighted by atomic mass is 9.77. The number of aromatic nitrogens is 5. The van der Waals surface area contributed by atoms with E-state index in [-0.39, 0.29) is 12.1 Å². The number of hydrogen-bond donors (Lipinski definition) is 2. The molecule has 0 spiro atoms. The van der Waals surface area contributed by atoms with Gasteiger partial charge in [0.25, 0.3) is 0 Å². The quantitative estimate of drug-likeness (QED) is 0.758. The molecule has 0 amide bonds. The molecule has 3 aromatic rings. The van der Waals surface area contributed by atoms with Crippen LogP contribution in [0.25, 0.3) is 11.0 Å². The first kappa shape index (κ1) is 15.0. The molecule has 5 rings (SSSR count). The van der Waals surface area contributed by atoms with Gasteiger partial charge >= 0.3 is 0 Å². The van der Waals surface area contributed by atoms with Crippen molar-refractivity contribution in [2.24, 2.45) is 11.8 Å². The second-order valence-corrected chi connectivity index (χ2v) is 7.40. The molecule has 2 fully saturated rings. The van der Waals surface area contributed by atoms with Crippen LogP contribution < -0.4 is 0 Å². The Bertz CT molecular complexity index is 826. The van der Waals surface area contributed by atoms with Crippen LogP contribution in [0.2, 0.25) is 0 Å². The zero-order valence-corrected chi connectivity index (χ0v) is 14.0. The number of aliphatic hydroxyl groups excluding tert-OH is 1. The minimum atomic E-state index is -0.339. The van der Waals surface area contributed by atoms with Crippen molar-refractivity contribution in [3.63, 3.8) is 0 Å². The second kappa shape index (κ2) is 5.93. The minimum absolute atomic E-state index is 0.0508. The van der Waals surface area contributed by atoms with Crippen LogP contribution in [0.5, 0.6) is 0 Å². The monoisotopic (exact) mass is 338 g/mol. The Hall–Kier alpha value is -2.25. The van der Waals surface area contributed by atoms with Crippen molar-refractivity contribution in [1.82, 2.24) is 29.6 Å². The van der Waals surface area contributed by atoms with E-state index in [1.807, 2.05) is 22.9 Å². The molecule has 2 aromatic heterocycles. The summed E-state index contributed by atoms with van der Waals surface area (Å²) in [4.78, 5) is 14.6. The van der Waals surface area contributed by atoms with Crippen LogP contribution in [-0.2, 0) is 6.54 Å². The summed E-state index contributed by atoms with van der Waals surface area (Å²) in [5, 5.41) is 14.8. The number of hydrogen-bond acceptors (Lipinski definition) is 5. The van der Waals surface area contributed by atoms with Gasteiger partial charge in [0.1, 0.15) is 18.5 Å². The topological polar surface area (TPSA) is 82.9 Å². The maximum absolute atomic E-state index is 10.5. The third-order valence-electron chi connectivity index (χ3n) is 5.77. The Labute approximate surface area is 145 Å². The molecule has 7 nitrogen and oxygen atoms in total. The molecule has 0 unspecified atom stereocenters. The summed E-state index contributed by atoms with van der Waals surface area (Å²) in [5.41, 5.74) is 2.12. The van der Waals surface area contributed by atoms with Gasteiger partial charge in [0.15, 0.2) is 0 Å². The van der Waals surface area contributed by atoms with Gasteiger partial charge in [0, 0.05) is 13.1 Å². The summed E-state index contributed by atoms with van der Waals surface area (Å²) in [5.74, 6) is 2.18. The van der Waals surface area contributed by atoms with Crippen molar-refractivity contribution in [2.45, 2.75) is 31.5 Å². The lowest BCUT2D eigenvalue weighted by Crippen LogP contribution is -2.36. The Kier molecular flexibility index (Phi) is 3.57. The molecule has 2 N–H and O–H groups in total. The van der Waals surface area contributed by atoms with Gasteiger partial charge in [-0.2, -0.15) is 5.10 Å².